The molecule has 130 valence electrons. The second-order valence-corrected chi connectivity index (χ2v) is 8.02. The largest absolute Gasteiger partial charge is 0.467 e. The van der Waals surface area contributed by atoms with Crippen molar-refractivity contribution in [2.45, 2.75) is 25.9 Å². The predicted molar refractivity (Wildman–Crippen MR) is 98.8 cm³/mol. The van der Waals surface area contributed by atoms with Crippen molar-refractivity contribution in [1.82, 2.24) is 19.5 Å². The van der Waals surface area contributed by atoms with Gasteiger partial charge in [-0.3, -0.25) is 4.79 Å². The quantitative estimate of drug-likeness (QED) is 0.676. The minimum absolute atomic E-state index is 0.0118. The lowest BCUT2D eigenvalue weighted by Crippen LogP contribution is -2.41. The van der Waals surface area contributed by atoms with Crippen molar-refractivity contribution in [2.24, 2.45) is 0 Å². The van der Waals surface area contributed by atoms with Crippen LogP contribution in [0.4, 0.5) is 0 Å². The van der Waals surface area contributed by atoms with Gasteiger partial charge in [0.05, 0.1) is 15.4 Å². The zero-order valence-electron chi connectivity index (χ0n) is 13.4. The average Bonchev–Trinajstić information content (AvgIpc) is 3.21. The summed E-state index contributed by atoms with van der Waals surface area (Å²) in [5, 5.41) is 5.18. The Labute approximate surface area is 157 Å². The second-order valence-electron chi connectivity index (χ2n) is 5.86. The van der Waals surface area contributed by atoms with Crippen LogP contribution < -0.4 is 4.74 Å². The first-order valence-corrected chi connectivity index (χ1v) is 9.88. The number of piperidine rings is 1. The van der Waals surface area contributed by atoms with E-state index >= 15 is 0 Å². The Morgan fingerprint density at radius 3 is 2.84 bits per heavy atom. The third-order valence-corrected chi connectivity index (χ3v) is 6.22. The number of thiazole rings is 1. The fourth-order valence-electron chi connectivity index (χ4n) is 2.84. The van der Waals surface area contributed by atoms with Crippen LogP contribution in [0.5, 0.6) is 5.19 Å². The second kappa shape index (κ2) is 6.86. The number of ether oxygens (including phenoxy) is 1. The van der Waals surface area contributed by atoms with Gasteiger partial charge in [-0.1, -0.05) is 33.5 Å². The number of carbonyl (C=O) groups is 1. The van der Waals surface area contributed by atoms with Gasteiger partial charge in [0.2, 0.25) is 0 Å². The molecule has 4 rings (SSSR count). The fourth-order valence-corrected chi connectivity index (χ4v) is 4.64. The van der Waals surface area contributed by atoms with E-state index in [1.165, 1.54) is 11.3 Å². The molecule has 0 N–H and O–H groups in total. The van der Waals surface area contributed by atoms with Crippen LogP contribution in [0.2, 0.25) is 5.02 Å². The Balaban J connectivity index is 1.39. The molecule has 0 bridgehead atoms. The number of likely N-dealkylation sites (tertiary alicyclic amines) is 1. The number of benzene rings is 1. The molecule has 6 nitrogen and oxygen atoms in total. The van der Waals surface area contributed by atoms with Crippen molar-refractivity contribution >= 4 is 50.6 Å². The maximum Gasteiger partial charge on any atom is 0.274 e. The zero-order chi connectivity index (χ0) is 17.4. The number of amides is 1. The van der Waals surface area contributed by atoms with Crippen molar-refractivity contribution in [2.75, 3.05) is 13.1 Å². The van der Waals surface area contributed by atoms with Crippen LogP contribution in [0.25, 0.3) is 10.2 Å². The summed E-state index contributed by atoms with van der Waals surface area (Å²) in [5.74, 6) is 0.0118. The van der Waals surface area contributed by atoms with Gasteiger partial charge >= 0.3 is 0 Å². The summed E-state index contributed by atoms with van der Waals surface area (Å²) in [6.07, 6.45) is 1.62. The van der Waals surface area contributed by atoms with E-state index in [0.29, 0.717) is 33.9 Å². The van der Waals surface area contributed by atoms with Gasteiger partial charge in [0.25, 0.3) is 11.1 Å². The third kappa shape index (κ3) is 3.33. The van der Waals surface area contributed by atoms with Crippen LogP contribution in [0.15, 0.2) is 18.2 Å². The minimum atomic E-state index is 0.0118. The molecule has 1 aliphatic heterocycles. The number of hydrogen-bond acceptors (Lipinski definition) is 7. The topological polar surface area (TPSA) is 68.2 Å². The first kappa shape index (κ1) is 16.7. The molecule has 0 unspecified atom stereocenters. The van der Waals surface area contributed by atoms with Crippen molar-refractivity contribution in [3.63, 3.8) is 0 Å². The minimum Gasteiger partial charge on any atom is -0.467 e. The number of carbonyl (C=O) groups excluding carboxylic acids is 1. The van der Waals surface area contributed by atoms with Crippen LogP contribution in [0, 0.1) is 6.92 Å². The van der Waals surface area contributed by atoms with Gasteiger partial charge in [-0.05, 0) is 30.6 Å². The van der Waals surface area contributed by atoms with Gasteiger partial charge in [0.15, 0.2) is 0 Å². The Bertz CT molecular complexity index is 918. The normalized spacial score (nSPS) is 15.7. The first-order chi connectivity index (χ1) is 12.1. The van der Waals surface area contributed by atoms with Gasteiger partial charge in [0.1, 0.15) is 16.5 Å². The van der Waals surface area contributed by atoms with Crippen LogP contribution >= 0.6 is 34.5 Å². The molecule has 1 saturated heterocycles. The van der Waals surface area contributed by atoms with Crippen molar-refractivity contribution in [3.8, 4) is 5.19 Å². The number of fused-ring (bicyclic) bond motifs is 1. The molecule has 0 saturated carbocycles. The predicted octanol–water partition coefficient (Wildman–Crippen LogP) is 3.79. The molecule has 1 fully saturated rings. The lowest BCUT2D eigenvalue weighted by molar-refractivity contribution is 0.0599. The maximum absolute atomic E-state index is 12.5. The molecule has 1 aliphatic rings. The standard InChI is InChI=1S/C16H15ClN4O2S2/c1-9-14(25-20-19-9)15(22)21-7-5-10(6-8-21)23-16-18-13-11(17)3-2-4-12(13)24-16/h2-4,10H,5-8H2,1H3. The number of aromatic nitrogens is 3. The molecule has 0 spiro atoms. The lowest BCUT2D eigenvalue weighted by atomic mass is 10.1. The number of para-hydroxylation sites is 1. The summed E-state index contributed by atoms with van der Waals surface area (Å²) < 4.78 is 10.9. The van der Waals surface area contributed by atoms with Gasteiger partial charge in [-0.15, -0.1) is 5.10 Å². The smallest absolute Gasteiger partial charge is 0.274 e. The van der Waals surface area contributed by atoms with E-state index in [4.69, 9.17) is 16.3 Å². The summed E-state index contributed by atoms with van der Waals surface area (Å²) in [7, 11) is 0. The molecule has 0 aliphatic carbocycles. The molecule has 9 heteroatoms. The molecule has 25 heavy (non-hydrogen) atoms. The molecule has 2 aromatic heterocycles. The van der Waals surface area contributed by atoms with Gasteiger partial charge in [-0.25, -0.2) is 4.98 Å². The average molecular weight is 395 g/mol. The molecule has 0 radical (unpaired) electrons. The van der Waals surface area contributed by atoms with Gasteiger partial charge in [0, 0.05) is 25.9 Å². The van der Waals surface area contributed by atoms with E-state index in [0.717, 1.165) is 34.6 Å². The Morgan fingerprint density at radius 2 is 2.16 bits per heavy atom. The van der Waals surface area contributed by atoms with Crippen LogP contribution in [-0.2, 0) is 0 Å². The summed E-state index contributed by atoms with van der Waals surface area (Å²) in [6, 6.07) is 5.72. The lowest BCUT2D eigenvalue weighted by Gasteiger charge is -2.31. The summed E-state index contributed by atoms with van der Waals surface area (Å²) in [5.41, 5.74) is 1.48. The van der Waals surface area contributed by atoms with E-state index in [-0.39, 0.29) is 12.0 Å². The number of rotatable bonds is 3. The SMILES string of the molecule is Cc1nnsc1C(=O)N1CCC(Oc2nc3c(Cl)cccc3s2)CC1. The van der Waals surface area contributed by atoms with Crippen LogP contribution in [0.1, 0.15) is 28.2 Å². The number of hydrogen-bond donors (Lipinski definition) is 0. The van der Waals surface area contributed by atoms with E-state index in [1.807, 2.05) is 30.0 Å². The van der Waals surface area contributed by atoms with E-state index in [2.05, 4.69) is 14.6 Å². The maximum atomic E-state index is 12.5. The van der Waals surface area contributed by atoms with E-state index in [9.17, 15) is 4.79 Å². The van der Waals surface area contributed by atoms with Crippen molar-refractivity contribution in [1.29, 1.82) is 0 Å². The van der Waals surface area contributed by atoms with E-state index < -0.39 is 0 Å². The Morgan fingerprint density at radius 1 is 1.36 bits per heavy atom. The zero-order valence-corrected chi connectivity index (χ0v) is 15.8. The Hall–Kier alpha value is -1.77. The third-order valence-electron chi connectivity index (χ3n) is 4.19. The molecular weight excluding hydrogens is 380 g/mol. The van der Waals surface area contributed by atoms with Crippen LogP contribution in [-0.4, -0.2) is 44.6 Å². The van der Waals surface area contributed by atoms with Gasteiger partial charge < -0.3 is 9.64 Å². The summed E-state index contributed by atoms with van der Waals surface area (Å²) in [4.78, 5) is 19.4. The van der Waals surface area contributed by atoms with Gasteiger partial charge in [-0.2, -0.15) is 0 Å². The Kier molecular flexibility index (Phi) is 4.58. The fraction of sp³-hybridized carbons (Fsp3) is 0.375. The number of nitrogens with zero attached hydrogens (tertiary/aromatic N) is 4. The summed E-state index contributed by atoms with van der Waals surface area (Å²) in [6.45, 7) is 3.13. The highest BCUT2D eigenvalue weighted by Gasteiger charge is 2.27. The summed E-state index contributed by atoms with van der Waals surface area (Å²) >= 11 is 8.82. The highest BCUT2D eigenvalue weighted by Crippen LogP contribution is 2.33. The van der Waals surface area contributed by atoms with Crippen molar-refractivity contribution < 1.29 is 9.53 Å². The molecule has 1 aromatic carbocycles. The van der Waals surface area contributed by atoms with Crippen molar-refractivity contribution in [3.05, 3.63) is 33.8 Å². The highest BCUT2D eigenvalue weighted by atomic mass is 35.5. The van der Waals surface area contributed by atoms with E-state index in [1.54, 1.807) is 0 Å². The number of aryl methyl sites for hydroxylation is 1. The number of halogens is 1. The molecule has 1 amide bonds. The first-order valence-electron chi connectivity index (χ1n) is 7.92. The monoisotopic (exact) mass is 394 g/mol. The molecule has 3 aromatic rings. The molecular formula is C16H15ClN4O2S2. The van der Waals surface area contributed by atoms with Crippen LogP contribution in [0.3, 0.4) is 0 Å². The highest BCUT2D eigenvalue weighted by molar-refractivity contribution is 7.20. The molecule has 3 heterocycles. The molecule has 0 atom stereocenters.